The second-order valence-electron chi connectivity index (χ2n) is 2.46. The predicted octanol–water partition coefficient (Wildman–Crippen LogP) is 4.12. The number of thioether (sulfide) groups is 1. The van der Waals surface area contributed by atoms with Crippen molar-refractivity contribution in [2.75, 3.05) is 0 Å². The van der Waals surface area contributed by atoms with Gasteiger partial charge in [-0.2, -0.15) is 0 Å². The summed E-state index contributed by atoms with van der Waals surface area (Å²) in [6.07, 6.45) is 5.41. The summed E-state index contributed by atoms with van der Waals surface area (Å²) in [7, 11) is 0. The topological polar surface area (TPSA) is 0 Å². The molecule has 1 heteroatoms. The lowest BCUT2D eigenvalue weighted by Gasteiger charge is -1.98. The number of hydrogen-bond donors (Lipinski definition) is 0. The fourth-order valence-electron chi connectivity index (χ4n) is 0.638. The normalized spacial score (nSPS) is 10.1. The molecule has 0 N–H and O–H groups in total. The monoisotopic (exact) mass is 168 g/mol. The minimum Gasteiger partial charge on any atom is -0.0988 e. The molecule has 0 nitrogen and oxygen atoms in total. The Morgan fingerprint density at radius 1 is 1.45 bits per heavy atom. The summed E-state index contributed by atoms with van der Waals surface area (Å²) in [5.41, 5.74) is 1.35. The molecule has 0 rings (SSSR count). The molecule has 0 amide bonds. The molecule has 0 radical (unpaired) electrons. The molecule has 11 heavy (non-hydrogen) atoms. The maximum atomic E-state index is 3.69. The summed E-state index contributed by atoms with van der Waals surface area (Å²) >= 11 is 1.68. The van der Waals surface area contributed by atoms with Gasteiger partial charge in [0.05, 0.1) is 0 Å². The first-order valence-electron chi connectivity index (χ1n) is 3.84. The summed E-state index contributed by atoms with van der Waals surface area (Å²) in [4.78, 5) is 1.31. The van der Waals surface area contributed by atoms with Crippen molar-refractivity contribution in [3.05, 3.63) is 34.6 Å². The molecule has 0 saturated carbocycles. The van der Waals surface area contributed by atoms with Crippen molar-refractivity contribution in [3.8, 4) is 0 Å². The van der Waals surface area contributed by atoms with E-state index < -0.39 is 0 Å². The lowest BCUT2D eigenvalue weighted by atomic mass is 10.3. The van der Waals surface area contributed by atoms with Crippen LogP contribution >= 0.6 is 11.8 Å². The van der Waals surface area contributed by atoms with Gasteiger partial charge in [0.15, 0.2) is 0 Å². The molecule has 0 bridgehead atoms. The van der Waals surface area contributed by atoms with Gasteiger partial charge in [-0.25, -0.2) is 0 Å². The van der Waals surface area contributed by atoms with Crippen molar-refractivity contribution in [1.82, 2.24) is 0 Å². The third-order valence-corrected chi connectivity index (χ3v) is 2.17. The van der Waals surface area contributed by atoms with E-state index in [1.165, 1.54) is 10.5 Å². The maximum Gasteiger partial charge on any atom is 0.00989 e. The third kappa shape index (κ3) is 4.91. The van der Waals surface area contributed by atoms with Crippen LogP contribution in [0.15, 0.2) is 34.6 Å². The summed E-state index contributed by atoms with van der Waals surface area (Å²) < 4.78 is 0. The minimum absolute atomic E-state index is 1.09. The van der Waals surface area contributed by atoms with Crippen LogP contribution in [-0.2, 0) is 0 Å². The van der Waals surface area contributed by atoms with Crippen LogP contribution < -0.4 is 0 Å². The SMILES string of the molecule is C=CSC(/C=C\CC)=C(C)C. The Kier molecular flexibility index (Phi) is 6.05. The Morgan fingerprint density at radius 3 is 2.45 bits per heavy atom. The van der Waals surface area contributed by atoms with Gasteiger partial charge in [0.2, 0.25) is 0 Å². The number of rotatable bonds is 4. The molecule has 0 fully saturated rings. The van der Waals surface area contributed by atoms with Gasteiger partial charge in [-0.3, -0.25) is 0 Å². The van der Waals surface area contributed by atoms with E-state index in [2.05, 4.69) is 39.5 Å². The fourth-order valence-corrected chi connectivity index (χ4v) is 1.23. The zero-order valence-corrected chi connectivity index (χ0v) is 8.37. The van der Waals surface area contributed by atoms with Gasteiger partial charge >= 0.3 is 0 Å². The highest BCUT2D eigenvalue weighted by Gasteiger charge is 1.90. The predicted molar refractivity (Wildman–Crippen MR) is 55.6 cm³/mol. The Balaban J connectivity index is 4.23. The largest absolute Gasteiger partial charge is 0.0988 e. The Bertz CT molecular complexity index is 171. The van der Waals surface area contributed by atoms with Crippen LogP contribution in [0.4, 0.5) is 0 Å². The average molecular weight is 168 g/mol. The molecule has 0 aliphatic rings. The fraction of sp³-hybridized carbons (Fsp3) is 0.400. The molecule has 0 aliphatic carbocycles. The minimum atomic E-state index is 1.09. The van der Waals surface area contributed by atoms with Crippen LogP contribution in [-0.4, -0.2) is 0 Å². The Morgan fingerprint density at radius 2 is 2.09 bits per heavy atom. The van der Waals surface area contributed by atoms with Crippen molar-refractivity contribution < 1.29 is 0 Å². The summed E-state index contributed by atoms with van der Waals surface area (Å²) in [5, 5.41) is 1.86. The molecule has 0 spiro atoms. The number of hydrogen-bond acceptors (Lipinski definition) is 1. The van der Waals surface area contributed by atoms with Gasteiger partial charge < -0.3 is 0 Å². The van der Waals surface area contributed by atoms with Gasteiger partial charge in [-0.15, -0.1) is 0 Å². The van der Waals surface area contributed by atoms with Crippen LogP contribution in [0.1, 0.15) is 27.2 Å². The van der Waals surface area contributed by atoms with Crippen LogP contribution in [0.2, 0.25) is 0 Å². The van der Waals surface area contributed by atoms with Gasteiger partial charge in [-0.1, -0.05) is 43.0 Å². The van der Waals surface area contributed by atoms with Crippen LogP contribution in [0.5, 0.6) is 0 Å². The molecule has 0 atom stereocenters. The van der Waals surface area contributed by atoms with E-state index in [1.54, 1.807) is 11.8 Å². The van der Waals surface area contributed by atoms with Crippen molar-refractivity contribution in [2.24, 2.45) is 0 Å². The van der Waals surface area contributed by atoms with Gasteiger partial charge in [0.25, 0.3) is 0 Å². The molecule has 0 aromatic heterocycles. The highest BCUT2D eigenvalue weighted by atomic mass is 32.2. The molecule has 0 aromatic carbocycles. The molecule has 0 heterocycles. The lowest BCUT2D eigenvalue weighted by Crippen LogP contribution is -1.72. The van der Waals surface area contributed by atoms with E-state index in [1.807, 2.05) is 5.41 Å². The van der Waals surface area contributed by atoms with Crippen molar-refractivity contribution in [3.63, 3.8) is 0 Å². The zero-order chi connectivity index (χ0) is 8.69. The summed E-state index contributed by atoms with van der Waals surface area (Å²) in [6, 6.07) is 0. The lowest BCUT2D eigenvalue weighted by molar-refractivity contribution is 1.22. The van der Waals surface area contributed by atoms with Gasteiger partial charge in [-0.05, 0) is 25.7 Å². The quantitative estimate of drug-likeness (QED) is 0.569. The molecular formula is C10H16S. The standard InChI is InChI=1S/C10H16S/c1-5-7-8-10(9(3)4)11-6-2/h6-8H,2,5H2,1,3-4H3/b8-7-. The van der Waals surface area contributed by atoms with Crippen molar-refractivity contribution in [1.29, 1.82) is 0 Å². The smallest absolute Gasteiger partial charge is 0.00989 e. The van der Waals surface area contributed by atoms with Crippen LogP contribution in [0, 0.1) is 0 Å². The number of allylic oxidation sites excluding steroid dienone is 3. The molecular weight excluding hydrogens is 152 g/mol. The first kappa shape index (κ1) is 10.6. The van der Waals surface area contributed by atoms with E-state index >= 15 is 0 Å². The highest BCUT2D eigenvalue weighted by molar-refractivity contribution is 8.06. The van der Waals surface area contributed by atoms with E-state index in [9.17, 15) is 0 Å². The van der Waals surface area contributed by atoms with Gasteiger partial charge in [0.1, 0.15) is 0 Å². The first-order chi connectivity index (χ1) is 5.22. The first-order valence-corrected chi connectivity index (χ1v) is 4.72. The van der Waals surface area contributed by atoms with E-state index in [4.69, 9.17) is 0 Å². The van der Waals surface area contributed by atoms with Crippen LogP contribution in [0.3, 0.4) is 0 Å². The highest BCUT2D eigenvalue weighted by Crippen LogP contribution is 2.21. The van der Waals surface area contributed by atoms with E-state index in [0.29, 0.717) is 0 Å². The molecule has 0 aromatic rings. The van der Waals surface area contributed by atoms with Crippen molar-refractivity contribution >= 4 is 11.8 Å². The Hall–Kier alpha value is -0.430. The zero-order valence-electron chi connectivity index (χ0n) is 7.55. The second-order valence-corrected chi connectivity index (χ2v) is 3.47. The average Bonchev–Trinajstić information content (AvgIpc) is 1.97. The van der Waals surface area contributed by atoms with E-state index in [-0.39, 0.29) is 0 Å². The van der Waals surface area contributed by atoms with Gasteiger partial charge in [0, 0.05) is 4.91 Å². The van der Waals surface area contributed by atoms with E-state index in [0.717, 1.165) is 6.42 Å². The maximum absolute atomic E-state index is 3.69. The second kappa shape index (κ2) is 6.29. The Labute approximate surface area is 74.1 Å². The third-order valence-electron chi connectivity index (χ3n) is 1.21. The van der Waals surface area contributed by atoms with Crippen LogP contribution in [0.25, 0.3) is 0 Å². The van der Waals surface area contributed by atoms with Crippen molar-refractivity contribution in [2.45, 2.75) is 27.2 Å². The molecule has 62 valence electrons. The summed E-state index contributed by atoms with van der Waals surface area (Å²) in [6.45, 7) is 10.1. The molecule has 0 unspecified atom stereocenters. The molecule has 0 aliphatic heterocycles. The summed E-state index contributed by atoms with van der Waals surface area (Å²) in [5.74, 6) is 0. The molecule has 0 saturated heterocycles.